The lowest BCUT2D eigenvalue weighted by molar-refractivity contribution is -0.121. The minimum Gasteiger partial charge on any atom is -0.355 e. The van der Waals surface area contributed by atoms with Gasteiger partial charge in [-0.1, -0.05) is 24.3 Å². The molecule has 2 rings (SSSR count). The first kappa shape index (κ1) is 18.1. The van der Waals surface area contributed by atoms with E-state index in [2.05, 4.69) is 5.32 Å². The quantitative estimate of drug-likeness (QED) is 0.764. The summed E-state index contributed by atoms with van der Waals surface area (Å²) in [5.74, 6) is -0.755. The van der Waals surface area contributed by atoms with Gasteiger partial charge in [-0.05, 0) is 55.2 Å². The first-order valence-corrected chi connectivity index (χ1v) is 8.01. The third kappa shape index (κ3) is 5.13. The molecule has 2 aromatic rings. The zero-order valence-electron chi connectivity index (χ0n) is 13.6. The highest BCUT2D eigenvalue weighted by Gasteiger charge is 2.15. The Labute approximate surface area is 140 Å². The van der Waals surface area contributed by atoms with Crippen molar-refractivity contribution in [3.63, 3.8) is 0 Å². The van der Waals surface area contributed by atoms with Crippen molar-refractivity contribution in [3.05, 3.63) is 71.3 Å². The summed E-state index contributed by atoms with van der Waals surface area (Å²) < 4.78 is 26.3. The highest BCUT2D eigenvalue weighted by Crippen LogP contribution is 2.29. The topological polar surface area (TPSA) is 55.1 Å². The van der Waals surface area contributed by atoms with Crippen molar-refractivity contribution < 1.29 is 13.6 Å². The number of halogens is 2. The lowest BCUT2D eigenvalue weighted by Gasteiger charge is -2.18. The molecule has 0 aliphatic carbocycles. The maximum Gasteiger partial charge on any atom is 0.236 e. The van der Waals surface area contributed by atoms with Crippen molar-refractivity contribution in [1.82, 2.24) is 5.32 Å². The van der Waals surface area contributed by atoms with E-state index < -0.39 is 6.04 Å². The summed E-state index contributed by atoms with van der Waals surface area (Å²) in [6.45, 7) is 2.15. The minimum atomic E-state index is -0.532. The molecule has 0 spiro atoms. The van der Waals surface area contributed by atoms with Crippen LogP contribution in [0.25, 0.3) is 0 Å². The molecule has 3 nitrogen and oxygen atoms in total. The number of hydrogen-bond acceptors (Lipinski definition) is 2. The standard InChI is InChI=1S/C19H22F2N2O/c1-13(22)19(24)23-12-2-3-18(14-4-8-16(20)9-5-14)15-6-10-17(21)11-7-15/h4-11,13,18H,2-3,12,22H2,1H3,(H,23,24). The van der Waals surface area contributed by atoms with Gasteiger partial charge in [-0.15, -0.1) is 0 Å². The molecule has 1 atom stereocenters. The van der Waals surface area contributed by atoms with E-state index in [-0.39, 0.29) is 23.5 Å². The molecule has 0 bridgehead atoms. The fraction of sp³-hybridized carbons (Fsp3) is 0.316. The van der Waals surface area contributed by atoms with Crippen LogP contribution in [0.15, 0.2) is 48.5 Å². The Bertz CT molecular complexity index is 609. The summed E-state index contributed by atoms with van der Waals surface area (Å²) in [6, 6.07) is 12.1. The number of benzene rings is 2. The summed E-state index contributed by atoms with van der Waals surface area (Å²) in [4.78, 5) is 11.5. The summed E-state index contributed by atoms with van der Waals surface area (Å²) in [7, 11) is 0. The number of carbonyl (C=O) groups excluding carboxylic acids is 1. The van der Waals surface area contributed by atoms with Crippen molar-refractivity contribution in [2.45, 2.75) is 31.7 Å². The van der Waals surface area contributed by atoms with E-state index in [0.29, 0.717) is 6.54 Å². The van der Waals surface area contributed by atoms with Crippen LogP contribution in [0, 0.1) is 11.6 Å². The summed E-state index contributed by atoms with van der Waals surface area (Å²) in [5.41, 5.74) is 7.42. The fourth-order valence-electron chi connectivity index (χ4n) is 2.59. The number of hydrogen-bond donors (Lipinski definition) is 2. The van der Waals surface area contributed by atoms with Gasteiger partial charge in [0.15, 0.2) is 0 Å². The normalized spacial score (nSPS) is 12.2. The maximum absolute atomic E-state index is 13.2. The fourth-order valence-corrected chi connectivity index (χ4v) is 2.59. The summed E-state index contributed by atoms with van der Waals surface area (Å²) in [5, 5.41) is 2.77. The minimum absolute atomic E-state index is 0.0124. The molecule has 0 saturated heterocycles. The summed E-state index contributed by atoms with van der Waals surface area (Å²) >= 11 is 0. The highest BCUT2D eigenvalue weighted by molar-refractivity contribution is 5.80. The SMILES string of the molecule is CC(N)C(=O)NCCCC(c1ccc(F)cc1)c1ccc(F)cc1. The van der Waals surface area contributed by atoms with Gasteiger partial charge < -0.3 is 11.1 Å². The number of nitrogens with one attached hydrogen (secondary N) is 1. The lowest BCUT2D eigenvalue weighted by Crippen LogP contribution is -2.38. The molecule has 128 valence electrons. The monoisotopic (exact) mass is 332 g/mol. The van der Waals surface area contributed by atoms with Crippen molar-refractivity contribution >= 4 is 5.91 Å². The van der Waals surface area contributed by atoms with Crippen LogP contribution >= 0.6 is 0 Å². The van der Waals surface area contributed by atoms with Gasteiger partial charge in [0.05, 0.1) is 6.04 Å². The Morgan fingerprint density at radius 3 is 1.88 bits per heavy atom. The second-order valence-electron chi connectivity index (χ2n) is 5.88. The van der Waals surface area contributed by atoms with Gasteiger partial charge in [0, 0.05) is 12.5 Å². The summed E-state index contributed by atoms with van der Waals surface area (Å²) in [6.07, 6.45) is 1.48. The molecule has 0 radical (unpaired) electrons. The first-order chi connectivity index (χ1) is 11.5. The van der Waals surface area contributed by atoms with E-state index in [1.54, 1.807) is 31.2 Å². The van der Waals surface area contributed by atoms with E-state index in [4.69, 9.17) is 5.73 Å². The Morgan fingerprint density at radius 2 is 1.46 bits per heavy atom. The van der Waals surface area contributed by atoms with Crippen LogP contribution in [0.4, 0.5) is 8.78 Å². The van der Waals surface area contributed by atoms with Crippen LogP contribution in [0.1, 0.15) is 36.8 Å². The van der Waals surface area contributed by atoms with Crippen LogP contribution in [0.5, 0.6) is 0 Å². The van der Waals surface area contributed by atoms with Gasteiger partial charge in [-0.2, -0.15) is 0 Å². The Balaban J connectivity index is 2.07. The lowest BCUT2D eigenvalue weighted by atomic mass is 9.87. The highest BCUT2D eigenvalue weighted by atomic mass is 19.1. The van der Waals surface area contributed by atoms with Crippen LogP contribution in [0.3, 0.4) is 0 Å². The zero-order valence-corrected chi connectivity index (χ0v) is 13.6. The Hall–Kier alpha value is -2.27. The zero-order chi connectivity index (χ0) is 17.5. The molecule has 0 aliphatic rings. The van der Waals surface area contributed by atoms with Crippen LogP contribution in [-0.2, 0) is 4.79 Å². The van der Waals surface area contributed by atoms with E-state index in [1.807, 2.05) is 0 Å². The molecule has 3 N–H and O–H groups in total. The Kier molecular flexibility index (Phi) is 6.44. The van der Waals surface area contributed by atoms with Gasteiger partial charge >= 0.3 is 0 Å². The second-order valence-corrected chi connectivity index (χ2v) is 5.88. The predicted octanol–water partition coefficient (Wildman–Crippen LogP) is 3.34. The average Bonchev–Trinajstić information content (AvgIpc) is 2.57. The van der Waals surface area contributed by atoms with Crippen molar-refractivity contribution in [2.24, 2.45) is 5.73 Å². The predicted molar refractivity (Wildman–Crippen MR) is 90.5 cm³/mol. The maximum atomic E-state index is 13.2. The molecule has 0 aliphatic heterocycles. The third-order valence-corrected chi connectivity index (χ3v) is 3.93. The second kappa shape index (κ2) is 8.55. The number of nitrogens with two attached hydrogens (primary N) is 1. The number of amides is 1. The van der Waals surface area contributed by atoms with Gasteiger partial charge in [-0.25, -0.2) is 8.78 Å². The van der Waals surface area contributed by atoms with E-state index in [0.717, 1.165) is 24.0 Å². The third-order valence-electron chi connectivity index (χ3n) is 3.93. The number of rotatable bonds is 7. The molecule has 1 unspecified atom stereocenters. The van der Waals surface area contributed by atoms with Crippen molar-refractivity contribution in [1.29, 1.82) is 0 Å². The van der Waals surface area contributed by atoms with E-state index >= 15 is 0 Å². The molecule has 0 aromatic heterocycles. The molecule has 1 amide bonds. The van der Waals surface area contributed by atoms with Crippen molar-refractivity contribution in [3.8, 4) is 0 Å². The smallest absolute Gasteiger partial charge is 0.236 e. The molecule has 0 saturated carbocycles. The molecule has 2 aromatic carbocycles. The van der Waals surface area contributed by atoms with Gasteiger partial charge in [0.2, 0.25) is 5.91 Å². The van der Waals surface area contributed by atoms with Crippen LogP contribution < -0.4 is 11.1 Å². The molecular formula is C19H22F2N2O. The first-order valence-electron chi connectivity index (χ1n) is 8.01. The Morgan fingerprint density at radius 1 is 1.00 bits per heavy atom. The molecule has 0 fully saturated rings. The number of carbonyl (C=O) groups is 1. The van der Waals surface area contributed by atoms with Gasteiger partial charge in [0.25, 0.3) is 0 Å². The average molecular weight is 332 g/mol. The van der Waals surface area contributed by atoms with Crippen molar-refractivity contribution in [2.75, 3.05) is 6.54 Å². The molecule has 5 heteroatoms. The van der Waals surface area contributed by atoms with Gasteiger partial charge in [-0.3, -0.25) is 4.79 Å². The van der Waals surface area contributed by atoms with Crippen LogP contribution in [0.2, 0.25) is 0 Å². The molecule has 0 heterocycles. The van der Waals surface area contributed by atoms with Gasteiger partial charge in [0.1, 0.15) is 11.6 Å². The van der Waals surface area contributed by atoms with E-state index in [9.17, 15) is 13.6 Å². The van der Waals surface area contributed by atoms with E-state index in [1.165, 1.54) is 24.3 Å². The molecular weight excluding hydrogens is 310 g/mol. The molecule has 24 heavy (non-hydrogen) atoms. The largest absolute Gasteiger partial charge is 0.355 e. The van der Waals surface area contributed by atoms with Crippen LogP contribution in [-0.4, -0.2) is 18.5 Å².